The molecule has 0 aromatic carbocycles. The molecule has 0 N–H and O–H groups in total. The second kappa shape index (κ2) is 7.09. The smallest absolute Gasteiger partial charge is 0.173 e. The lowest BCUT2D eigenvalue weighted by Gasteiger charge is -1.74. The van der Waals surface area contributed by atoms with Gasteiger partial charge in [-0.3, -0.25) is 0 Å². The molecule has 0 aromatic rings. The van der Waals surface area contributed by atoms with Crippen LogP contribution in [0.3, 0.4) is 0 Å². The zero-order chi connectivity index (χ0) is 8.53. The van der Waals surface area contributed by atoms with Crippen LogP contribution in [0, 0.1) is 24.4 Å². The summed E-state index contributed by atoms with van der Waals surface area (Å²) in [7, 11) is -0.795. The maximum absolute atomic E-state index is 10.4. The van der Waals surface area contributed by atoms with Crippen LogP contribution in [-0.4, -0.2) is 7.11 Å². The van der Waals surface area contributed by atoms with Crippen molar-refractivity contribution < 1.29 is 13.6 Å². The zero-order valence-electron chi connectivity index (χ0n) is 6.16. The van der Waals surface area contributed by atoms with E-state index in [1.165, 1.54) is 7.11 Å². The molecule has 0 saturated carbocycles. The van der Waals surface area contributed by atoms with Crippen LogP contribution in [0.15, 0.2) is 0 Å². The Morgan fingerprint density at radius 2 is 2.27 bits per heavy atom. The molecule has 0 fully saturated rings. The van der Waals surface area contributed by atoms with Gasteiger partial charge in [-0.15, -0.1) is 16.9 Å². The molecule has 0 aliphatic carbocycles. The van der Waals surface area contributed by atoms with E-state index < -0.39 is 8.25 Å². The Morgan fingerprint density at radius 1 is 1.55 bits per heavy atom. The molecule has 0 aliphatic heterocycles. The summed E-state index contributed by atoms with van der Waals surface area (Å²) in [6.07, 6.45) is 8.29. The fraction of sp³-hybridized carbons (Fsp3) is 0.429. The van der Waals surface area contributed by atoms with Crippen molar-refractivity contribution >= 4 is 8.25 Å². The highest BCUT2D eigenvalue weighted by atomic mass is 31.1. The second-order valence-electron chi connectivity index (χ2n) is 1.48. The van der Waals surface area contributed by atoms with Gasteiger partial charge in [-0.1, -0.05) is 5.92 Å². The van der Waals surface area contributed by atoms with Crippen molar-refractivity contribution in [2.45, 2.75) is 12.8 Å². The fourth-order valence-electron chi connectivity index (χ4n) is 0.293. The minimum atomic E-state index is -2.07. The van der Waals surface area contributed by atoms with Gasteiger partial charge in [-0.2, -0.15) is 4.52 Å². The number of hydrogen-bond donors (Lipinski definition) is 0. The molecule has 0 bridgehead atoms. The van der Waals surface area contributed by atoms with E-state index in [4.69, 9.17) is 6.42 Å². The largest absolute Gasteiger partial charge is 0.759 e. The minimum Gasteiger partial charge on any atom is -0.173 e. The molecule has 1 unspecified atom stereocenters. The van der Waals surface area contributed by atoms with E-state index >= 15 is 0 Å². The normalized spacial score (nSPS) is 8.91. The summed E-state index contributed by atoms with van der Waals surface area (Å²) in [5.74, 6) is 4.98. The minimum absolute atomic E-state index is 0.545. The Balaban J connectivity index is 3.41. The van der Waals surface area contributed by atoms with E-state index in [0.717, 1.165) is 0 Å². The van der Waals surface area contributed by atoms with Gasteiger partial charge in [0.05, 0.1) is 7.11 Å². The molecule has 0 aromatic heterocycles. The summed E-state index contributed by atoms with van der Waals surface area (Å²) in [6, 6.07) is 0. The van der Waals surface area contributed by atoms with Crippen LogP contribution in [0.4, 0.5) is 0 Å². The molecule has 0 rings (SSSR count). The molecule has 1 atom stereocenters. The summed E-state index contributed by atoms with van der Waals surface area (Å²) in [5, 5.41) is 0. The summed E-state index contributed by atoms with van der Waals surface area (Å²) in [5.41, 5.74) is 0. The Kier molecular flexibility index (Phi) is 6.43. The van der Waals surface area contributed by atoms with E-state index in [1.54, 1.807) is 0 Å². The highest BCUT2D eigenvalue weighted by Gasteiger charge is 2.14. The van der Waals surface area contributed by atoms with E-state index in [2.05, 4.69) is 27.0 Å². The predicted octanol–water partition coefficient (Wildman–Crippen LogP) is 1.68. The highest BCUT2D eigenvalue weighted by Crippen LogP contribution is 2.19. The lowest BCUT2D eigenvalue weighted by atomic mass is 10.3. The molecule has 0 radical (unpaired) electrons. The van der Waals surface area contributed by atoms with Gasteiger partial charge in [0.2, 0.25) is 0 Å². The molecule has 0 saturated heterocycles. The van der Waals surface area contributed by atoms with Crippen LogP contribution in [0.25, 0.3) is 0 Å². The third kappa shape index (κ3) is 6.87. The highest BCUT2D eigenvalue weighted by molar-refractivity contribution is 7.33. The SMILES string of the molecule is C#CCCC#CO[P+](=O)OC. The van der Waals surface area contributed by atoms with Gasteiger partial charge in [0.25, 0.3) is 0 Å². The van der Waals surface area contributed by atoms with Crippen molar-refractivity contribution in [3.63, 3.8) is 0 Å². The van der Waals surface area contributed by atoms with Crippen molar-refractivity contribution in [1.29, 1.82) is 0 Å². The molecule has 0 amide bonds. The van der Waals surface area contributed by atoms with Gasteiger partial charge in [-0.05, 0) is 0 Å². The van der Waals surface area contributed by atoms with Gasteiger partial charge in [0, 0.05) is 17.4 Å². The van der Waals surface area contributed by atoms with E-state index in [1.807, 2.05) is 0 Å². The summed E-state index contributed by atoms with van der Waals surface area (Å²) >= 11 is 0. The fourth-order valence-corrected chi connectivity index (χ4v) is 0.506. The van der Waals surface area contributed by atoms with E-state index in [-0.39, 0.29) is 0 Å². The van der Waals surface area contributed by atoms with Gasteiger partial charge < -0.3 is 0 Å². The van der Waals surface area contributed by atoms with Crippen molar-refractivity contribution in [1.82, 2.24) is 0 Å². The van der Waals surface area contributed by atoms with Gasteiger partial charge in [0.1, 0.15) is 0 Å². The monoisotopic (exact) mass is 171 g/mol. The summed E-state index contributed by atoms with van der Waals surface area (Å²) < 4.78 is 19.1. The lowest BCUT2D eigenvalue weighted by Crippen LogP contribution is -1.70. The average Bonchev–Trinajstić information content (AvgIpc) is 2.04. The summed E-state index contributed by atoms with van der Waals surface area (Å²) in [6.45, 7) is 0. The Labute approximate surface area is 67.0 Å². The molecule has 4 heteroatoms. The quantitative estimate of drug-likeness (QED) is 0.368. The van der Waals surface area contributed by atoms with Crippen LogP contribution < -0.4 is 0 Å². The first-order valence-electron chi connectivity index (χ1n) is 2.91. The van der Waals surface area contributed by atoms with Crippen LogP contribution in [-0.2, 0) is 13.6 Å². The second-order valence-corrected chi connectivity index (χ2v) is 2.48. The molecule has 3 nitrogen and oxygen atoms in total. The van der Waals surface area contributed by atoms with Gasteiger partial charge in [0.15, 0.2) is 6.11 Å². The number of unbranched alkanes of at least 4 members (excludes halogenated alkanes) is 1. The maximum Gasteiger partial charge on any atom is 0.759 e. The number of terminal acetylenes is 1. The Morgan fingerprint density at radius 3 is 2.82 bits per heavy atom. The lowest BCUT2D eigenvalue weighted by molar-refractivity contribution is 0.337. The molecule has 58 valence electrons. The third-order valence-corrected chi connectivity index (χ3v) is 1.27. The molecular formula is C7H8O3P+. The van der Waals surface area contributed by atoms with Crippen molar-refractivity contribution in [3.05, 3.63) is 0 Å². The molecule has 0 heterocycles. The Bertz CT molecular complexity index is 218. The van der Waals surface area contributed by atoms with Crippen molar-refractivity contribution in [2.75, 3.05) is 7.11 Å². The predicted molar refractivity (Wildman–Crippen MR) is 41.5 cm³/mol. The number of hydrogen-bond acceptors (Lipinski definition) is 3. The zero-order valence-corrected chi connectivity index (χ0v) is 7.06. The first kappa shape index (κ1) is 9.98. The molecular weight excluding hydrogens is 163 g/mol. The summed E-state index contributed by atoms with van der Waals surface area (Å²) in [4.78, 5) is 0. The van der Waals surface area contributed by atoms with E-state index in [9.17, 15) is 4.57 Å². The first-order chi connectivity index (χ1) is 5.31. The Hall–Kier alpha value is -1.02. The van der Waals surface area contributed by atoms with Crippen LogP contribution in [0.2, 0.25) is 0 Å². The van der Waals surface area contributed by atoms with Crippen LogP contribution in [0.1, 0.15) is 12.8 Å². The standard InChI is InChI=1S/C7H8O3P/c1-3-4-5-6-7-10-11(8)9-2/h1H,4-5H2,2H3/q+1. The third-order valence-electron chi connectivity index (χ3n) is 0.736. The first-order valence-corrected chi connectivity index (χ1v) is 4.00. The van der Waals surface area contributed by atoms with Gasteiger partial charge in [-0.25, -0.2) is 0 Å². The number of rotatable bonds is 3. The van der Waals surface area contributed by atoms with Crippen LogP contribution in [0.5, 0.6) is 0 Å². The van der Waals surface area contributed by atoms with Gasteiger partial charge >= 0.3 is 8.25 Å². The average molecular weight is 171 g/mol. The van der Waals surface area contributed by atoms with Crippen molar-refractivity contribution in [3.8, 4) is 24.4 Å². The molecule has 0 aliphatic rings. The van der Waals surface area contributed by atoms with Crippen LogP contribution >= 0.6 is 8.25 Å². The molecule has 11 heavy (non-hydrogen) atoms. The topological polar surface area (TPSA) is 35.5 Å². The maximum atomic E-state index is 10.4. The molecule has 0 spiro atoms. The van der Waals surface area contributed by atoms with E-state index in [0.29, 0.717) is 12.8 Å². The van der Waals surface area contributed by atoms with Crippen molar-refractivity contribution in [2.24, 2.45) is 0 Å².